The van der Waals surface area contributed by atoms with Crippen molar-refractivity contribution in [3.8, 4) is 5.69 Å². The van der Waals surface area contributed by atoms with E-state index in [4.69, 9.17) is 0 Å². The van der Waals surface area contributed by atoms with E-state index in [1.807, 2.05) is 0 Å². The molecular formula is C23H18FN5O4S. The molecule has 5 rings (SSSR count). The average Bonchev–Trinajstić information content (AvgIpc) is 3.44. The van der Waals surface area contributed by atoms with E-state index in [9.17, 15) is 18.8 Å². The summed E-state index contributed by atoms with van der Waals surface area (Å²) in [6.45, 7) is 0. The summed E-state index contributed by atoms with van der Waals surface area (Å²) in [6, 6.07) is 11.7. The van der Waals surface area contributed by atoms with Gasteiger partial charge in [-0.1, -0.05) is 11.8 Å². The number of aromatic nitrogens is 4. The highest BCUT2D eigenvalue weighted by molar-refractivity contribution is 7.99. The van der Waals surface area contributed by atoms with Crippen molar-refractivity contribution >= 4 is 40.4 Å². The van der Waals surface area contributed by atoms with Crippen molar-refractivity contribution in [2.24, 2.45) is 0 Å². The van der Waals surface area contributed by atoms with Crippen LogP contribution in [0.2, 0.25) is 0 Å². The summed E-state index contributed by atoms with van der Waals surface area (Å²) >= 11 is 1.39. The van der Waals surface area contributed by atoms with Crippen LogP contribution < -0.4 is 10.9 Å². The van der Waals surface area contributed by atoms with Gasteiger partial charge in [-0.2, -0.15) is 5.10 Å². The lowest BCUT2D eigenvalue weighted by molar-refractivity contribution is -0.116. The number of ether oxygens (including phenoxy) is 1. The van der Waals surface area contributed by atoms with E-state index in [-0.39, 0.29) is 29.7 Å². The zero-order valence-corrected chi connectivity index (χ0v) is 18.7. The van der Waals surface area contributed by atoms with Crippen LogP contribution in [-0.4, -0.2) is 44.1 Å². The van der Waals surface area contributed by atoms with Crippen molar-refractivity contribution in [2.75, 3.05) is 18.2 Å². The standard InChI is InChI=1S/C23H18FN5O4S/c1-33-22(32)13-2-6-15(7-3-13)26-19(30)10-17-12-34-23-27-20-18(21(31)28(17)23)11-25-29(20)16-8-4-14(24)5-9-16/h2-9,11,17H,10,12H2,1H3,(H,26,30). The van der Waals surface area contributed by atoms with Crippen LogP contribution in [0.3, 0.4) is 0 Å². The SMILES string of the molecule is COC(=O)c1ccc(NC(=O)CC2CSc3nc4c(cnn4-c4ccc(F)cc4)c(=O)n32)cc1. The summed E-state index contributed by atoms with van der Waals surface area (Å²) in [5.74, 6) is -0.574. The number of methoxy groups -OCH3 is 1. The molecule has 1 aliphatic rings. The Morgan fingerprint density at radius 2 is 1.91 bits per heavy atom. The summed E-state index contributed by atoms with van der Waals surface area (Å²) in [6.07, 6.45) is 1.52. The van der Waals surface area contributed by atoms with Crippen LogP contribution in [0, 0.1) is 5.82 Å². The van der Waals surface area contributed by atoms with Crippen molar-refractivity contribution in [3.63, 3.8) is 0 Å². The molecule has 34 heavy (non-hydrogen) atoms. The Kier molecular flexibility index (Phi) is 5.62. The van der Waals surface area contributed by atoms with Crippen molar-refractivity contribution in [3.05, 3.63) is 76.5 Å². The topological polar surface area (TPSA) is 108 Å². The second kappa shape index (κ2) is 8.75. The Morgan fingerprint density at radius 3 is 2.62 bits per heavy atom. The van der Waals surface area contributed by atoms with E-state index in [1.165, 1.54) is 46.5 Å². The van der Waals surface area contributed by atoms with Gasteiger partial charge >= 0.3 is 5.97 Å². The first-order valence-electron chi connectivity index (χ1n) is 10.3. The minimum atomic E-state index is -0.460. The number of anilines is 1. The van der Waals surface area contributed by atoms with Crippen LogP contribution >= 0.6 is 11.8 Å². The zero-order valence-electron chi connectivity index (χ0n) is 17.9. The maximum Gasteiger partial charge on any atom is 0.337 e. The lowest BCUT2D eigenvalue weighted by Crippen LogP contribution is -2.27. The fourth-order valence-corrected chi connectivity index (χ4v) is 4.92. The lowest BCUT2D eigenvalue weighted by atomic mass is 10.2. The van der Waals surface area contributed by atoms with Crippen molar-refractivity contribution in [2.45, 2.75) is 17.6 Å². The number of halogens is 1. The molecule has 1 aliphatic heterocycles. The molecule has 172 valence electrons. The number of fused-ring (bicyclic) bond motifs is 2. The molecule has 0 radical (unpaired) electrons. The Bertz CT molecular complexity index is 1460. The van der Waals surface area contributed by atoms with Crippen LogP contribution in [0.25, 0.3) is 16.7 Å². The molecule has 1 amide bonds. The number of amides is 1. The van der Waals surface area contributed by atoms with Gasteiger partial charge in [0.1, 0.15) is 11.2 Å². The molecule has 11 heteroatoms. The third kappa shape index (κ3) is 3.94. The predicted octanol–water partition coefficient (Wildman–Crippen LogP) is 3.18. The molecule has 2 aromatic carbocycles. The highest BCUT2D eigenvalue weighted by Crippen LogP contribution is 2.33. The molecule has 1 N–H and O–H groups in total. The Morgan fingerprint density at radius 1 is 1.18 bits per heavy atom. The van der Waals surface area contributed by atoms with Gasteiger partial charge in [0.2, 0.25) is 5.91 Å². The molecule has 0 saturated heterocycles. The maximum absolute atomic E-state index is 13.3. The number of esters is 1. The van der Waals surface area contributed by atoms with Gasteiger partial charge in [-0.3, -0.25) is 14.2 Å². The van der Waals surface area contributed by atoms with E-state index in [2.05, 4.69) is 20.1 Å². The summed E-state index contributed by atoms with van der Waals surface area (Å²) in [5.41, 5.74) is 1.60. The number of hydrogen-bond donors (Lipinski definition) is 1. The van der Waals surface area contributed by atoms with E-state index in [0.29, 0.717) is 38.9 Å². The van der Waals surface area contributed by atoms with Crippen molar-refractivity contribution < 1.29 is 18.7 Å². The second-order valence-electron chi connectivity index (χ2n) is 7.63. The molecule has 9 nitrogen and oxygen atoms in total. The molecule has 2 aromatic heterocycles. The lowest BCUT2D eigenvalue weighted by Gasteiger charge is -2.13. The number of nitrogens with zero attached hydrogens (tertiary/aromatic N) is 4. The van der Waals surface area contributed by atoms with Crippen LogP contribution in [-0.2, 0) is 9.53 Å². The van der Waals surface area contributed by atoms with Crippen molar-refractivity contribution in [1.29, 1.82) is 0 Å². The number of thioether (sulfide) groups is 1. The normalized spacial score (nSPS) is 14.7. The third-order valence-electron chi connectivity index (χ3n) is 5.45. The van der Waals surface area contributed by atoms with Gasteiger partial charge in [0, 0.05) is 17.9 Å². The van der Waals surface area contributed by atoms with Gasteiger partial charge in [0.05, 0.1) is 30.6 Å². The number of rotatable bonds is 5. The van der Waals surface area contributed by atoms with Gasteiger partial charge in [0.25, 0.3) is 5.56 Å². The molecule has 3 heterocycles. The molecule has 0 saturated carbocycles. The maximum atomic E-state index is 13.3. The van der Waals surface area contributed by atoms with E-state index < -0.39 is 5.97 Å². The van der Waals surface area contributed by atoms with E-state index in [0.717, 1.165) is 0 Å². The Hall–Kier alpha value is -3.99. The largest absolute Gasteiger partial charge is 0.465 e. The molecule has 0 spiro atoms. The average molecular weight is 479 g/mol. The first-order valence-corrected chi connectivity index (χ1v) is 11.3. The zero-order chi connectivity index (χ0) is 23.8. The van der Waals surface area contributed by atoms with Crippen LogP contribution in [0.4, 0.5) is 10.1 Å². The first kappa shape index (κ1) is 21.8. The van der Waals surface area contributed by atoms with Gasteiger partial charge in [-0.05, 0) is 48.5 Å². The smallest absolute Gasteiger partial charge is 0.337 e. The molecule has 1 unspecified atom stereocenters. The summed E-state index contributed by atoms with van der Waals surface area (Å²) < 4.78 is 21.0. The second-order valence-corrected chi connectivity index (χ2v) is 8.61. The molecule has 4 aromatic rings. The number of nitrogens with one attached hydrogen (secondary N) is 1. The summed E-state index contributed by atoms with van der Waals surface area (Å²) in [5, 5.41) is 7.87. The Balaban J connectivity index is 1.37. The number of benzene rings is 2. The van der Waals surface area contributed by atoms with Gasteiger partial charge in [-0.25, -0.2) is 18.9 Å². The minimum Gasteiger partial charge on any atom is -0.465 e. The molecule has 0 bridgehead atoms. The third-order valence-corrected chi connectivity index (χ3v) is 6.55. The quantitative estimate of drug-likeness (QED) is 0.346. The number of carbonyl (C=O) groups excluding carboxylic acids is 2. The Labute approximate surface area is 196 Å². The van der Waals surface area contributed by atoms with E-state index >= 15 is 0 Å². The van der Waals surface area contributed by atoms with Crippen molar-refractivity contribution in [1.82, 2.24) is 19.3 Å². The first-order chi connectivity index (χ1) is 16.4. The number of carbonyl (C=O) groups is 2. The molecular weight excluding hydrogens is 461 g/mol. The highest BCUT2D eigenvalue weighted by atomic mass is 32.2. The summed E-state index contributed by atoms with van der Waals surface area (Å²) in [7, 11) is 1.30. The highest BCUT2D eigenvalue weighted by Gasteiger charge is 2.29. The van der Waals surface area contributed by atoms with Crippen LogP contribution in [0.15, 0.2) is 64.7 Å². The van der Waals surface area contributed by atoms with E-state index in [1.54, 1.807) is 36.4 Å². The number of hydrogen-bond acceptors (Lipinski definition) is 7. The fourth-order valence-electron chi connectivity index (χ4n) is 3.79. The van der Waals surface area contributed by atoms with Gasteiger partial charge < -0.3 is 10.1 Å². The van der Waals surface area contributed by atoms with Crippen LogP contribution in [0.1, 0.15) is 22.8 Å². The van der Waals surface area contributed by atoms with Gasteiger partial charge in [0.15, 0.2) is 10.8 Å². The predicted molar refractivity (Wildman–Crippen MR) is 124 cm³/mol. The summed E-state index contributed by atoms with van der Waals surface area (Å²) in [4.78, 5) is 42.0. The molecule has 0 fully saturated rings. The minimum absolute atomic E-state index is 0.0813. The fraction of sp³-hybridized carbons (Fsp3) is 0.174. The monoisotopic (exact) mass is 479 g/mol. The molecule has 0 aliphatic carbocycles. The van der Waals surface area contributed by atoms with Gasteiger partial charge in [-0.15, -0.1) is 0 Å². The van der Waals surface area contributed by atoms with Crippen LogP contribution in [0.5, 0.6) is 0 Å². The molecule has 1 atom stereocenters.